The van der Waals surface area contributed by atoms with Crippen molar-refractivity contribution in [1.29, 1.82) is 0 Å². The van der Waals surface area contributed by atoms with Crippen molar-refractivity contribution < 1.29 is 38.2 Å². The molecule has 0 bridgehead atoms. The Bertz CT molecular complexity index is 1090. The summed E-state index contributed by atoms with van der Waals surface area (Å²) >= 11 is 0. The lowest BCUT2D eigenvalue weighted by molar-refractivity contribution is -0.887. The lowest BCUT2D eigenvalue weighted by atomic mass is 10.0. The molecule has 0 spiro atoms. The maximum Gasteiger partial charge on any atom is 0.362 e. The molecule has 8 nitrogen and oxygen atoms in total. The van der Waals surface area contributed by atoms with E-state index < -0.39 is 18.1 Å². The van der Waals surface area contributed by atoms with Crippen LogP contribution < -0.4 is 0 Å². The van der Waals surface area contributed by atoms with Crippen LogP contribution in [-0.2, 0) is 28.6 Å². The number of likely N-dealkylation sites (N-methyl/N-ethyl adjacent to an activating group) is 1. The lowest BCUT2D eigenvalue weighted by Crippen LogP contribution is -2.50. The van der Waals surface area contributed by atoms with Crippen LogP contribution in [0, 0.1) is 0 Å². The van der Waals surface area contributed by atoms with Gasteiger partial charge in [-0.25, -0.2) is 4.79 Å². The van der Waals surface area contributed by atoms with Gasteiger partial charge in [-0.1, -0.05) is 198 Å². The molecule has 61 heavy (non-hydrogen) atoms. The third kappa shape index (κ3) is 42.6. The predicted octanol–water partition coefficient (Wildman–Crippen LogP) is 14.6. The van der Waals surface area contributed by atoms with Crippen molar-refractivity contribution in [2.24, 2.45) is 0 Å². The summed E-state index contributed by atoms with van der Waals surface area (Å²) in [6.07, 6.45) is 51.8. The smallest absolute Gasteiger partial charge is 0.362 e. The summed E-state index contributed by atoms with van der Waals surface area (Å²) in [7, 11) is 5.53. The lowest BCUT2D eigenvalue weighted by Gasteiger charge is -2.31. The Morgan fingerprint density at radius 2 is 0.869 bits per heavy atom. The van der Waals surface area contributed by atoms with E-state index in [0.29, 0.717) is 19.3 Å². The number of hydrogen-bond acceptors (Lipinski definition) is 6. The zero-order valence-electron chi connectivity index (χ0n) is 40.6. The van der Waals surface area contributed by atoms with Crippen LogP contribution in [0.3, 0.4) is 0 Å². The maximum absolute atomic E-state index is 12.8. The van der Waals surface area contributed by atoms with Gasteiger partial charge in [0, 0.05) is 19.3 Å². The summed E-state index contributed by atoms with van der Waals surface area (Å²) in [6, 6.07) is -0.616. The fourth-order valence-electron chi connectivity index (χ4n) is 7.57. The first-order valence-corrected chi connectivity index (χ1v) is 25.5. The molecule has 0 heterocycles. The first kappa shape index (κ1) is 58.6. The van der Waals surface area contributed by atoms with Gasteiger partial charge in [-0.2, -0.15) is 0 Å². The van der Waals surface area contributed by atoms with E-state index in [-0.39, 0.29) is 36.2 Å². The van der Waals surface area contributed by atoms with E-state index in [1.54, 1.807) is 0 Å². The van der Waals surface area contributed by atoms with Gasteiger partial charge in [0.05, 0.1) is 34.4 Å². The minimum Gasteiger partial charge on any atom is -0.477 e. The maximum atomic E-state index is 12.8. The van der Waals surface area contributed by atoms with Crippen molar-refractivity contribution in [2.75, 3.05) is 41.0 Å². The van der Waals surface area contributed by atoms with Gasteiger partial charge in [0.1, 0.15) is 6.61 Å². The Labute approximate surface area is 376 Å². The number of quaternary nitrogens is 1. The first-order chi connectivity index (χ1) is 29.6. The van der Waals surface area contributed by atoms with Gasteiger partial charge in [-0.15, -0.1) is 0 Å². The van der Waals surface area contributed by atoms with Crippen LogP contribution in [0.2, 0.25) is 0 Å². The molecule has 0 rings (SSSR count). The number of unbranched alkanes of at least 4 members (excludes halogenated alkanes) is 26. The number of esters is 2. The van der Waals surface area contributed by atoms with Gasteiger partial charge in [0.25, 0.3) is 0 Å². The molecule has 0 aliphatic rings. The summed E-state index contributed by atoms with van der Waals surface area (Å²) < 4.78 is 17.4. The summed E-state index contributed by atoms with van der Waals surface area (Å²) in [4.78, 5) is 37.1. The fourth-order valence-corrected chi connectivity index (χ4v) is 7.57. The quantitative estimate of drug-likeness (QED) is 0.0282. The molecule has 0 saturated carbocycles. The van der Waals surface area contributed by atoms with Gasteiger partial charge in [-0.05, 0) is 51.4 Å². The normalized spacial score (nSPS) is 13.1. The number of carboxylic acid groups (broad SMARTS) is 1. The fraction of sp³-hybridized carbons (Fsp3) is 0.830. The molecular formula is C53H98NO7+. The summed E-state index contributed by atoms with van der Waals surface area (Å²) in [5, 5.41) is 9.65. The number of allylic oxidation sites excluding steroid dienone is 6. The van der Waals surface area contributed by atoms with Gasteiger partial charge >= 0.3 is 17.9 Å². The topological polar surface area (TPSA) is 99.1 Å². The number of nitrogens with zero attached hydrogens (tertiary/aromatic N) is 1. The highest BCUT2D eigenvalue weighted by molar-refractivity contribution is 5.72. The van der Waals surface area contributed by atoms with Crippen LogP contribution in [0.25, 0.3) is 0 Å². The van der Waals surface area contributed by atoms with Gasteiger partial charge in [0.2, 0.25) is 0 Å². The van der Waals surface area contributed by atoms with Crippen molar-refractivity contribution in [3.8, 4) is 0 Å². The zero-order chi connectivity index (χ0) is 44.9. The molecule has 356 valence electrons. The van der Waals surface area contributed by atoms with Crippen LogP contribution >= 0.6 is 0 Å². The highest BCUT2D eigenvalue weighted by Crippen LogP contribution is 2.16. The number of carbonyl (C=O) groups is 3. The van der Waals surface area contributed by atoms with Crippen molar-refractivity contribution in [1.82, 2.24) is 0 Å². The minimum atomic E-state index is -0.875. The molecule has 0 amide bonds. The molecule has 0 aromatic rings. The van der Waals surface area contributed by atoms with E-state index in [0.717, 1.165) is 64.2 Å². The first-order valence-electron chi connectivity index (χ1n) is 25.5. The van der Waals surface area contributed by atoms with Crippen molar-refractivity contribution in [3.63, 3.8) is 0 Å². The third-order valence-corrected chi connectivity index (χ3v) is 11.5. The Morgan fingerprint density at radius 3 is 1.31 bits per heavy atom. The largest absolute Gasteiger partial charge is 0.477 e. The van der Waals surface area contributed by atoms with Crippen molar-refractivity contribution >= 4 is 17.9 Å². The molecule has 0 aromatic heterocycles. The Kier molecular flexibility index (Phi) is 42.4. The number of hydrogen-bond donors (Lipinski definition) is 1. The van der Waals surface area contributed by atoms with E-state index in [2.05, 4.69) is 50.3 Å². The molecule has 0 aromatic carbocycles. The van der Waals surface area contributed by atoms with Gasteiger partial charge in [-0.3, -0.25) is 9.59 Å². The molecule has 8 heteroatoms. The third-order valence-electron chi connectivity index (χ3n) is 11.5. The van der Waals surface area contributed by atoms with Crippen LogP contribution in [0.1, 0.15) is 232 Å². The number of carbonyl (C=O) groups excluding carboxylic acids is 2. The van der Waals surface area contributed by atoms with E-state index in [1.807, 2.05) is 21.1 Å². The van der Waals surface area contributed by atoms with Gasteiger partial charge in [0.15, 0.2) is 12.1 Å². The molecule has 2 unspecified atom stereocenters. The number of rotatable bonds is 46. The highest BCUT2D eigenvalue weighted by Gasteiger charge is 2.31. The summed E-state index contributed by atoms with van der Waals surface area (Å²) in [5.41, 5.74) is 0. The molecule has 0 fully saturated rings. The standard InChI is InChI=1S/C53H97NO7/c1-6-8-10-12-14-16-18-20-22-24-26-28-30-32-34-36-38-40-42-44-52(56)61-49(47-59-46-45-50(53(57)58)54(3,4)5)48-60-51(55)43-41-39-37-35-33-31-29-27-25-23-21-19-17-15-13-11-9-7-2/h14,16,20,22,26,28,49-50H,6-13,15,17-19,21,23-25,27,29-48H2,1-5H3/p+1/b16-14-,22-20-,28-26-. The monoisotopic (exact) mass is 861 g/mol. The number of ether oxygens (including phenoxy) is 3. The average Bonchev–Trinajstić information content (AvgIpc) is 3.22. The second-order valence-corrected chi connectivity index (χ2v) is 18.4. The van der Waals surface area contributed by atoms with Crippen molar-refractivity contribution in [2.45, 2.75) is 244 Å². The molecule has 0 radical (unpaired) electrons. The predicted molar refractivity (Wildman–Crippen MR) is 257 cm³/mol. The van der Waals surface area contributed by atoms with E-state index in [1.165, 1.54) is 135 Å². The van der Waals surface area contributed by atoms with Crippen LogP contribution in [0.5, 0.6) is 0 Å². The minimum absolute atomic E-state index is 0.0530. The molecule has 0 aliphatic carbocycles. The van der Waals surface area contributed by atoms with Crippen LogP contribution in [0.15, 0.2) is 36.5 Å². The zero-order valence-corrected chi connectivity index (χ0v) is 40.6. The molecule has 0 aliphatic heterocycles. The second-order valence-electron chi connectivity index (χ2n) is 18.4. The Morgan fingerprint density at radius 1 is 0.492 bits per heavy atom. The van der Waals surface area contributed by atoms with E-state index >= 15 is 0 Å². The van der Waals surface area contributed by atoms with Crippen LogP contribution in [-0.4, -0.2) is 80.6 Å². The van der Waals surface area contributed by atoms with E-state index in [9.17, 15) is 19.5 Å². The molecule has 0 saturated heterocycles. The summed E-state index contributed by atoms with van der Waals surface area (Å²) in [6.45, 7) is 4.73. The second kappa shape index (κ2) is 44.2. The number of carboxylic acids is 1. The Hall–Kier alpha value is -2.45. The summed E-state index contributed by atoms with van der Waals surface area (Å²) in [5.74, 6) is -1.47. The van der Waals surface area contributed by atoms with Crippen molar-refractivity contribution in [3.05, 3.63) is 36.5 Å². The molecule has 1 N–H and O–H groups in total. The average molecular weight is 861 g/mol. The van der Waals surface area contributed by atoms with Crippen LogP contribution in [0.4, 0.5) is 0 Å². The van der Waals surface area contributed by atoms with Gasteiger partial charge < -0.3 is 23.8 Å². The SMILES string of the molecule is CCCCC/C=C\C/C=C\C/C=C\CCCCCCCCC(=O)OC(COCCC(C(=O)O)[N+](C)(C)C)COC(=O)CCCCCCCCCCCCCCCCCCCC. The van der Waals surface area contributed by atoms with E-state index in [4.69, 9.17) is 14.2 Å². The number of aliphatic carboxylic acids is 1. The Balaban J connectivity index is 4.26. The molecular weight excluding hydrogens is 763 g/mol. The molecule has 2 atom stereocenters. The highest BCUT2D eigenvalue weighted by atomic mass is 16.6.